The minimum absolute atomic E-state index is 0.225. The molecule has 1 unspecified atom stereocenters. The van der Waals surface area contributed by atoms with Gasteiger partial charge >= 0.3 is 5.97 Å². The predicted molar refractivity (Wildman–Crippen MR) is 71.9 cm³/mol. The molecule has 0 aliphatic heterocycles. The number of thiazole rings is 1. The maximum Gasteiger partial charge on any atom is 0.312 e. The number of nitrogens with zero attached hydrogens (tertiary/aromatic N) is 1. The lowest BCUT2D eigenvalue weighted by atomic mass is 10.1. The number of hydrogen-bond acceptors (Lipinski definition) is 4. The molecule has 1 heterocycles. The van der Waals surface area contributed by atoms with Gasteiger partial charge in [0.05, 0.1) is 5.69 Å². The minimum Gasteiger partial charge on any atom is -0.481 e. The summed E-state index contributed by atoms with van der Waals surface area (Å²) in [6.45, 7) is 6.54. The Labute approximate surface area is 110 Å². The molecule has 0 saturated carbocycles. The average Bonchev–Trinajstić information content (AvgIpc) is 2.70. The van der Waals surface area contributed by atoms with E-state index in [2.05, 4.69) is 25.8 Å². The lowest BCUT2D eigenvalue weighted by Crippen LogP contribution is -2.09. The van der Waals surface area contributed by atoms with Crippen LogP contribution in [-0.2, 0) is 17.0 Å². The second-order valence-corrected chi connectivity index (χ2v) is 8.22. The van der Waals surface area contributed by atoms with E-state index in [-0.39, 0.29) is 10.7 Å². The van der Waals surface area contributed by atoms with Gasteiger partial charge in [-0.2, -0.15) is 0 Å². The van der Waals surface area contributed by atoms with Crippen molar-refractivity contribution >= 4 is 29.1 Å². The van der Waals surface area contributed by atoms with Crippen molar-refractivity contribution in [1.29, 1.82) is 0 Å². The highest BCUT2D eigenvalue weighted by atomic mass is 32.2. The molecule has 17 heavy (non-hydrogen) atoms. The van der Waals surface area contributed by atoms with Crippen molar-refractivity contribution in [3.05, 3.63) is 15.6 Å². The highest BCUT2D eigenvalue weighted by molar-refractivity contribution is 7.99. The third-order valence-electron chi connectivity index (χ3n) is 2.69. The number of rotatable bonds is 3. The summed E-state index contributed by atoms with van der Waals surface area (Å²) in [6, 6.07) is 0. The van der Waals surface area contributed by atoms with Crippen LogP contribution in [0.3, 0.4) is 0 Å². The molecule has 0 bridgehead atoms. The van der Waals surface area contributed by atoms with E-state index in [0.717, 1.165) is 29.3 Å². The molecule has 1 atom stereocenters. The van der Waals surface area contributed by atoms with Crippen LogP contribution in [0.2, 0.25) is 0 Å². The van der Waals surface area contributed by atoms with Crippen LogP contribution in [0.15, 0.2) is 0 Å². The number of aryl methyl sites for hydroxylation is 1. The summed E-state index contributed by atoms with van der Waals surface area (Å²) in [6.07, 6.45) is 1.60. The number of fused-ring (bicyclic) bond motifs is 1. The molecule has 1 N–H and O–H groups in total. The number of carbonyl (C=O) groups is 1. The van der Waals surface area contributed by atoms with E-state index in [1.54, 1.807) is 11.3 Å². The number of aliphatic carboxylic acids is 1. The second kappa shape index (κ2) is 4.61. The zero-order valence-electron chi connectivity index (χ0n) is 10.3. The van der Waals surface area contributed by atoms with E-state index in [0.29, 0.717) is 0 Å². The van der Waals surface area contributed by atoms with Crippen LogP contribution in [0.25, 0.3) is 0 Å². The molecular weight excluding hydrogens is 254 g/mol. The van der Waals surface area contributed by atoms with Gasteiger partial charge in [0.1, 0.15) is 10.9 Å². The van der Waals surface area contributed by atoms with Crippen molar-refractivity contribution in [2.45, 2.75) is 50.0 Å². The van der Waals surface area contributed by atoms with E-state index >= 15 is 0 Å². The molecule has 1 aliphatic carbocycles. The zero-order valence-corrected chi connectivity index (χ0v) is 12.0. The lowest BCUT2D eigenvalue weighted by Gasteiger charge is -2.16. The SMILES string of the molecule is CC(C)(C)SCc1nc2c(s1)CCC2C(=O)O. The zero-order chi connectivity index (χ0) is 12.6. The molecule has 0 spiro atoms. The monoisotopic (exact) mass is 271 g/mol. The Bertz CT molecular complexity index is 434. The molecule has 1 aromatic heterocycles. The van der Waals surface area contributed by atoms with Crippen LogP contribution in [0.4, 0.5) is 0 Å². The molecule has 0 saturated heterocycles. The highest BCUT2D eigenvalue weighted by Crippen LogP contribution is 2.38. The Morgan fingerprint density at radius 3 is 2.88 bits per heavy atom. The van der Waals surface area contributed by atoms with Crippen molar-refractivity contribution in [2.24, 2.45) is 0 Å². The van der Waals surface area contributed by atoms with Gasteiger partial charge in [-0.3, -0.25) is 4.79 Å². The van der Waals surface area contributed by atoms with E-state index in [4.69, 9.17) is 5.11 Å². The van der Waals surface area contributed by atoms with Gasteiger partial charge in [-0.05, 0) is 12.8 Å². The fourth-order valence-electron chi connectivity index (χ4n) is 1.86. The summed E-state index contributed by atoms with van der Waals surface area (Å²) < 4.78 is 0.225. The van der Waals surface area contributed by atoms with Crippen molar-refractivity contribution in [1.82, 2.24) is 4.98 Å². The van der Waals surface area contributed by atoms with Gasteiger partial charge < -0.3 is 5.11 Å². The van der Waals surface area contributed by atoms with E-state index < -0.39 is 5.97 Å². The fourth-order valence-corrected chi connectivity index (χ4v) is 3.83. The number of aromatic nitrogens is 1. The van der Waals surface area contributed by atoms with Gasteiger partial charge in [0, 0.05) is 15.4 Å². The standard InChI is InChI=1S/C12H17NO2S2/c1-12(2,3)16-6-9-13-10-7(11(14)15)4-5-8(10)17-9/h7H,4-6H2,1-3H3,(H,14,15). The largest absolute Gasteiger partial charge is 0.481 e. The molecule has 94 valence electrons. The molecule has 1 aliphatic rings. The Morgan fingerprint density at radius 2 is 2.29 bits per heavy atom. The van der Waals surface area contributed by atoms with E-state index in [9.17, 15) is 4.79 Å². The predicted octanol–water partition coefficient (Wildman–Crippen LogP) is 3.29. The smallest absolute Gasteiger partial charge is 0.312 e. The summed E-state index contributed by atoms with van der Waals surface area (Å²) in [5.74, 6) is -0.216. The molecule has 0 amide bonds. The third kappa shape index (κ3) is 3.01. The summed E-state index contributed by atoms with van der Waals surface area (Å²) in [5.41, 5.74) is 0.826. The maximum atomic E-state index is 11.1. The molecule has 1 aromatic rings. The second-order valence-electron chi connectivity index (χ2n) is 5.25. The van der Waals surface area contributed by atoms with Gasteiger partial charge in [-0.25, -0.2) is 4.98 Å². The Kier molecular flexibility index (Phi) is 3.50. The van der Waals surface area contributed by atoms with Gasteiger partial charge in [0.15, 0.2) is 0 Å². The molecule has 5 heteroatoms. The lowest BCUT2D eigenvalue weighted by molar-refractivity contribution is -0.138. The van der Waals surface area contributed by atoms with Crippen LogP contribution in [0, 0.1) is 0 Å². The topological polar surface area (TPSA) is 50.2 Å². The summed E-state index contributed by atoms with van der Waals surface area (Å²) in [4.78, 5) is 16.7. The molecule has 0 radical (unpaired) electrons. The summed E-state index contributed by atoms with van der Waals surface area (Å²) >= 11 is 3.54. The molecule has 0 aromatic carbocycles. The van der Waals surface area contributed by atoms with Crippen molar-refractivity contribution in [3.63, 3.8) is 0 Å². The quantitative estimate of drug-likeness (QED) is 0.916. The van der Waals surface area contributed by atoms with Gasteiger partial charge in [-0.1, -0.05) is 20.8 Å². The van der Waals surface area contributed by atoms with Crippen LogP contribution in [0.1, 0.15) is 48.7 Å². The Hall–Kier alpha value is -0.550. The number of thioether (sulfide) groups is 1. The summed E-state index contributed by atoms with van der Waals surface area (Å²) in [7, 11) is 0. The number of carboxylic acid groups (broad SMARTS) is 1. The number of carboxylic acids is 1. The van der Waals surface area contributed by atoms with Crippen molar-refractivity contribution < 1.29 is 9.90 Å². The Balaban J connectivity index is 2.09. The van der Waals surface area contributed by atoms with Gasteiger partial charge in [0.25, 0.3) is 0 Å². The van der Waals surface area contributed by atoms with Gasteiger partial charge in [-0.15, -0.1) is 23.1 Å². The maximum absolute atomic E-state index is 11.1. The number of hydrogen-bond donors (Lipinski definition) is 1. The normalized spacial score (nSPS) is 19.4. The van der Waals surface area contributed by atoms with Gasteiger partial charge in [0.2, 0.25) is 0 Å². The van der Waals surface area contributed by atoms with E-state index in [1.165, 1.54) is 4.88 Å². The van der Waals surface area contributed by atoms with Crippen LogP contribution in [0.5, 0.6) is 0 Å². The highest BCUT2D eigenvalue weighted by Gasteiger charge is 2.32. The average molecular weight is 271 g/mol. The van der Waals surface area contributed by atoms with E-state index in [1.807, 2.05) is 11.8 Å². The molecule has 2 rings (SSSR count). The van der Waals surface area contributed by atoms with Crippen LogP contribution in [-0.4, -0.2) is 20.8 Å². The Morgan fingerprint density at radius 1 is 1.59 bits per heavy atom. The molecular formula is C12H17NO2S2. The first kappa shape index (κ1) is 12.9. The first-order valence-electron chi connectivity index (χ1n) is 5.72. The minimum atomic E-state index is -0.732. The molecule has 3 nitrogen and oxygen atoms in total. The molecule has 0 fully saturated rings. The van der Waals surface area contributed by atoms with Crippen molar-refractivity contribution in [3.8, 4) is 0 Å². The first-order chi connectivity index (χ1) is 7.87. The van der Waals surface area contributed by atoms with Crippen LogP contribution >= 0.6 is 23.1 Å². The fraction of sp³-hybridized carbons (Fsp3) is 0.667. The van der Waals surface area contributed by atoms with Crippen LogP contribution < -0.4 is 0 Å². The third-order valence-corrected chi connectivity index (χ3v) is 5.29. The van der Waals surface area contributed by atoms with Crippen molar-refractivity contribution in [2.75, 3.05) is 0 Å². The summed E-state index contributed by atoms with van der Waals surface area (Å²) in [5, 5.41) is 10.2. The first-order valence-corrected chi connectivity index (χ1v) is 7.52.